The van der Waals surface area contributed by atoms with Crippen molar-refractivity contribution in [2.24, 2.45) is 0 Å². The molecule has 0 fully saturated rings. The molecule has 0 unspecified atom stereocenters. The van der Waals surface area contributed by atoms with Gasteiger partial charge in [-0.2, -0.15) is 5.10 Å². The van der Waals surface area contributed by atoms with E-state index in [1.165, 1.54) is 19.2 Å². The smallest absolute Gasteiger partial charge is 0.263 e. The molecule has 1 amide bonds. The van der Waals surface area contributed by atoms with Crippen LogP contribution in [0, 0.1) is 13.8 Å². The SMILES string of the molecule is CC(=O)Nc1ccc(C)c(S(=O)(=O)Nc2[nH]ncc2C)c1. The van der Waals surface area contributed by atoms with E-state index in [1.807, 2.05) is 0 Å². The fourth-order valence-electron chi connectivity index (χ4n) is 1.81. The number of amides is 1. The second-order valence-electron chi connectivity index (χ2n) is 4.69. The Labute approximate surface area is 122 Å². The van der Waals surface area contributed by atoms with Crippen molar-refractivity contribution in [1.29, 1.82) is 0 Å². The third-order valence-electron chi connectivity index (χ3n) is 2.86. The molecule has 2 rings (SSSR count). The highest BCUT2D eigenvalue weighted by Crippen LogP contribution is 2.23. The third kappa shape index (κ3) is 3.40. The van der Waals surface area contributed by atoms with Gasteiger partial charge in [0.05, 0.1) is 11.1 Å². The van der Waals surface area contributed by atoms with Gasteiger partial charge in [-0.3, -0.25) is 14.6 Å². The van der Waals surface area contributed by atoms with E-state index in [0.29, 0.717) is 22.6 Å². The topological polar surface area (TPSA) is 104 Å². The molecule has 1 aromatic carbocycles. The summed E-state index contributed by atoms with van der Waals surface area (Å²) in [5.74, 6) is 0.0545. The van der Waals surface area contributed by atoms with Crippen molar-refractivity contribution in [2.45, 2.75) is 25.7 Å². The number of anilines is 2. The Hall–Kier alpha value is -2.35. The molecular formula is C13H16N4O3S. The first kappa shape index (κ1) is 15.0. The molecule has 2 aromatic rings. The zero-order valence-electron chi connectivity index (χ0n) is 11.9. The number of nitrogens with one attached hydrogen (secondary N) is 3. The van der Waals surface area contributed by atoms with Crippen molar-refractivity contribution >= 4 is 27.4 Å². The highest BCUT2D eigenvalue weighted by atomic mass is 32.2. The van der Waals surface area contributed by atoms with Gasteiger partial charge >= 0.3 is 0 Å². The van der Waals surface area contributed by atoms with Crippen LogP contribution in [0.1, 0.15) is 18.1 Å². The van der Waals surface area contributed by atoms with Gasteiger partial charge in [-0.15, -0.1) is 0 Å². The summed E-state index contributed by atoms with van der Waals surface area (Å²) >= 11 is 0. The van der Waals surface area contributed by atoms with Crippen LogP contribution in [-0.4, -0.2) is 24.5 Å². The summed E-state index contributed by atoms with van der Waals surface area (Å²) in [4.78, 5) is 11.2. The normalized spacial score (nSPS) is 11.2. The summed E-state index contributed by atoms with van der Waals surface area (Å²) in [7, 11) is -3.77. The fourth-order valence-corrected chi connectivity index (χ4v) is 3.17. The Morgan fingerprint density at radius 1 is 1.24 bits per heavy atom. The van der Waals surface area contributed by atoms with Crippen molar-refractivity contribution in [2.75, 3.05) is 10.0 Å². The molecule has 0 spiro atoms. The number of carbonyl (C=O) groups is 1. The first-order valence-electron chi connectivity index (χ1n) is 6.20. The maximum Gasteiger partial charge on any atom is 0.263 e. The van der Waals surface area contributed by atoms with Gasteiger partial charge in [0.25, 0.3) is 10.0 Å². The average molecular weight is 308 g/mol. The van der Waals surface area contributed by atoms with Crippen LogP contribution in [0.4, 0.5) is 11.5 Å². The Kier molecular flexibility index (Phi) is 3.99. The molecule has 0 saturated heterocycles. The highest BCUT2D eigenvalue weighted by Gasteiger charge is 2.19. The van der Waals surface area contributed by atoms with Gasteiger partial charge < -0.3 is 5.32 Å². The lowest BCUT2D eigenvalue weighted by Crippen LogP contribution is -2.16. The Balaban J connectivity index is 2.39. The predicted octanol–water partition coefficient (Wildman–Crippen LogP) is 1.79. The van der Waals surface area contributed by atoms with Gasteiger partial charge in [0.2, 0.25) is 5.91 Å². The van der Waals surface area contributed by atoms with Gasteiger partial charge in [-0.1, -0.05) is 6.07 Å². The number of nitrogens with zero attached hydrogens (tertiary/aromatic N) is 1. The molecule has 0 radical (unpaired) electrons. The van der Waals surface area contributed by atoms with Crippen LogP contribution in [0.15, 0.2) is 29.3 Å². The molecule has 1 aromatic heterocycles. The lowest BCUT2D eigenvalue weighted by molar-refractivity contribution is -0.114. The molecule has 0 saturated carbocycles. The maximum atomic E-state index is 12.4. The van der Waals surface area contributed by atoms with E-state index in [-0.39, 0.29) is 10.8 Å². The van der Waals surface area contributed by atoms with Gasteiger partial charge in [-0.05, 0) is 31.5 Å². The van der Waals surface area contributed by atoms with Crippen LogP contribution in [0.5, 0.6) is 0 Å². The molecule has 1 heterocycles. The van der Waals surface area contributed by atoms with Crippen LogP contribution in [-0.2, 0) is 14.8 Å². The third-order valence-corrected chi connectivity index (χ3v) is 4.36. The number of carbonyl (C=O) groups excluding carboxylic acids is 1. The van der Waals surface area contributed by atoms with Gasteiger partial charge in [-0.25, -0.2) is 8.42 Å². The molecule has 8 heteroatoms. The largest absolute Gasteiger partial charge is 0.326 e. The minimum absolute atomic E-state index is 0.0998. The van der Waals surface area contributed by atoms with E-state index in [9.17, 15) is 13.2 Å². The highest BCUT2D eigenvalue weighted by molar-refractivity contribution is 7.92. The number of benzene rings is 1. The number of sulfonamides is 1. The number of hydrogen-bond donors (Lipinski definition) is 3. The van der Waals surface area contributed by atoms with Gasteiger partial charge in [0, 0.05) is 18.2 Å². The molecular weight excluding hydrogens is 292 g/mol. The minimum atomic E-state index is -3.77. The van der Waals surface area contributed by atoms with Gasteiger partial charge in [0.1, 0.15) is 5.82 Å². The summed E-state index contributed by atoms with van der Waals surface area (Å²) in [5, 5.41) is 8.92. The number of rotatable bonds is 4. The Morgan fingerprint density at radius 3 is 2.52 bits per heavy atom. The monoisotopic (exact) mass is 308 g/mol. The first-order valence-corrected chi connectivity index (χ1v) is 7.69. The van der Waals surface area contributed by atoms with Crippen LogP contribution in [0.25, 0.3) is 0 Å². The molecule has 21 heavy (non-hydrogen) atoms. The number of aryl methyl sites for hydroxylation is 2. The predicted molar refractivity (Wildman–Crippen MR) is 79.6 cm³/mol. The van der Waals surface area contributed by atoms with Crippen LogP contribution < -0.4 is 10.0 Å². The summed E-state index contributed by atoms with van der Waals surface area (Å²) in [6, 6.07) is 4.71. The van der Waals surface area contributed by atoms with E-state index in [4.69, 9.17) is 0 Å². The summed E-state index contributed by atoms with van der Waals surface area (Å²) in [5.41, 5.74) is 1.69. The van der Waals surface area contributed by atoms with Crippen molar-refractivity contribution in [3.63, 3.8) is 0 Å². The molecule has 0 aliphatic carbocycles. The van der Waals surface area contributed by atoms with E-state index in [1.54, 1.807) is 26.0 Å². The summed E-state index contributed by atoms with van der Waals surface area (Å²) in [6.45, 7) is 4.79. The number of hydrogen-bond acceptors (Lipinski definition) is 4. The fraction of sp³-hybridized carbons (Fsp3) is 0.231. The lowest BCUT2D eigenvalue weighted by atomic mass is 10.2. The summed E-state index contributed by atoms with van der Waals surface area (Å²) in [6.07, 6.45) is 1.53. The van der Waals surface area contributed by atoms with Crippen molar-refractivity contribution < 1.29 is 13.2 Å². The van der Waals surface area contributed by atoms with Crippen LogP contribution in [0.3, 0.4) is 0 Å². The van der Waals surface area contributed by atoms with Crippen molar-refractivity contribution in [3.05, 3.63) is 35.5 Å². The van der Waals surface area contributed by atoms with Crippen LogP contribution >= 0.6 is 0 Å². The van der Waals surface area contributed by atoms with E-state index in [0.717, 1.165) is 0 Å². The number of aromatic nitrogens is 2. The zero-order valence-corrected chi connectivity index (χ0v) is 12.7. The molecule has 0 bridgehead atoms. The maximum absolute atomic E-state index is 12.4. The zero-order chi connectivity index (χ0) is 15.6. The van der Waals surface area contributed by atoms with Gasteiger partial charge in [0.15, 0.2) is 0 Å². The minimum Gasteiger partial charge on any atom is -0.326 e. The standard InChI is InChI=1S/C13H16N4O3S/c1-8-4-5-11(15-10(3)18)6-12(8)21(19,20)17-13-9(2)7-14-16-13/h4-7H,1-3H3,(H,15,18)(H2,14,16,17). The molecule has 7 nitrogen and oxygen atoms in total. The van der Waals surface area contributed by atoms with Crippen LogP contribution in [0.2, 0.25) is 0 Å². The first-order chi connectivity index (χ1) is 9.79. The Morgan fingerprint density at radius 2 is 1.95 bits per heavy atom. The molecule has 0 aliphatic rings. The quantitative estimate of drug-likeness (QED) is 0.801. The van der Waals surface area contributed by atoms with E-state index >= 15 is 0 Å². The second-order valence-corrected chi connectivity index (χ2v) is 6.35. The lowest BCUT2D eigenvalue weighted by Gasteiger charge is -2.11. The number of H-pyrrole nitrogens is 1. The summed E-state index contributed by atoms with van der Waals surface area (Å²) < 4.78 is 27.3. The number of aromatic amines is 1. The molecule has 0 atom stereocenters. The van der Waals surface area contributed by atoms with E-state index in [2.05, 4.69) is 20.2 Å². The molecule has 0 aliphatic heterocycles. The average Bonchev–Trinajstić information content (AvgIpc) is 2.76. The molecule has 112 valence electrons. The van der Waals surface area contributed by atoms with E-state index < -0.39 is 10.0 Å². The van der Waals surface area contributed by atoms with Crippen molar-refractivity contribution in [1.82, 2.24) is 10.2 Å². The second kappa shape index (κ2) is 5.57. The Bertz CT molecular complexity index is 780. The molecule has 3 N–H and O–H groups in total. The van der Waals surface area contributed by atoms with Crippen molar-refractivity contribution in [3.8, 4) is 0 Å².